The minimum absolute atomic E-state index is 0.314. The van der Waals surface area contributed by atoms with E-state index in [1.165, 1.54) is 37.7 Å². The van der Waals surface area contributed by atoms with E-state index in [0.717, 1.165) is 12.0 Å². The van der Waals surface area contributed by atoms with Crippen LogP contribution in [0.4, 0.5) is 0 Å². The summed E-state index contributed by atoms with van der Waals surface area (Å²) in [5, 5.41) is 8.96. The summed E-state index contributed by atoms with van der Waals surface area (Å²) in [6.07, 6.45) is 18.2. The Balaban J connectivity index is 2.15. The second-order valence-electron chi connectivity index (χ2n) is 7.74. The van der Waals surface area contributed by atoms with E-state index in [4.69, 9.17) is 5.11 Å². The molecule has 0 atom stereocenters. The number of aromatic carboxylic acids is 1. The van der Waals surface area contributed by atoms with Crippen LogP contribution in [0, 0.1) is 5.41 Å². The number of carbonyl (C=O) groups is 1. The first-order valence-electron chi connectivity index (χ1n) is 10.5. The summed E-state index contributed by atoms with van der Waals surface area (Å²) in [6.45, 7) is 9.07. The highest BCUT2D eigenvalue weighted by molar-refractivity contribution is 5.87. The highest BCUT2D eigenvalue weighted by Crippen LogP contribution is 2.47. The van der Waals surface area contributed by atoms with Gasteiger partial charge in [-0.15, -0.1) is 0 Å². The molecule has 0 unspecified atom stereocenters. The van der Waals surface area contributed by atoms with Crippen LogP contribution < -0.4 is 0 Å². The molecule has 0 saturated heterocycles. The average Bonchev–Trinajstić information content (AvgIpc) is 2.72. The number of allylic oxidation sites excluding steroid dienone is 7. The molecule has 28 heavy (non-hydrogen) atoms. The number of hydrogen-bond donors (Lipinski definition) is 1. The first kappa shape index (κ1) is 21.9. The van der Waals surface area contributed by atoms with Crippen LogP contribution in [-0.2, 0) is 0 Å². The minimum atomic E-state index is -0.893. The van der Waals surface area contributed by atoms with Gasteiger partial charge in [0.25, 0.3) is 0 Å². The zero-order chi connectivity index (χ0) is 20.6. The third kappa shape index (κ3) is 5.34. The monoisotopic (exact) mass is 378 g/mol. The zero-order valence-electron chi connectivity index (χ0n) is 17.8. The van der Waals surface area contributed by atoms with E-state index in [2.05, 4.69) is 45.9 Å². The van der Waals surface area contributed by atoms with E-state index >= 15 is 0 Å². The molecule has 2 rings (SSSR count). The molecule has 2 nitrogen and oxygen atoms in total. The minimum Gasteiger partial charge on any atom is -0.478 e. The lowest BCUT2D eigenvalue weighted by atomic mass is 9.66. The smallest absolute Gasteiger partial charge is 0.335 e. The Kier molecular flexibility index (Phi) is 8.04. The van der Waals surface area contributed by atoms with Crippen molar-refractivity contribution in [2.24, 2.45) is 5.41 Å². The van der Waals surface area contributed by atoms with E-state index in [1.54, 1.807) is 23.3 Å². The Morgan fingerprint density at radius 3 is 2.36 bits per heavy atom. The van der Waals surface area contributed by atoms with Crippen LogP contribution in [0.2, 0.25) is 0 Å². The first-order valence-corrected chi connectivity index (χ1v) is 10.5. The maximum atomic E-state index is 10.9. The Labute approximate surface area is 170 Å². The number of rotatable bonds is 8. The van der Waals surface area contributed by atoms with Crippen molar-refractivity contribution in [1.29, 1.82) is 0 Å². The Hall–Kier alpha value is -2.35. The fraction of sp³-hybridized carbons (Fsp3) is 0.423. The predicted molar refractivity (Wildman–Crippen MR) is 120 cm³/mol. The molecule has 2 heteroatoms. The lowest BCUT2D eigenvalue weighted by Gasteiger charge is -2.39. The van der Waals surface area contributed by atoms with Crippen LogP contribution in [0.3, 0.4) is 0 Å². The fourth-order valence-electron chi connectivity index (χ4n) is 4.25. The van der Waals surface area contributed by atoms with Crippen molar-refractivity contribution in [3.05, 3.63) is 76.4 Å². The molecule has 1 aliphatic carbocycles. The van der Waals surface area contributed by atoms with Crippen molar-refractivity contribution in [2.75, 3.05) is 0 Å². The second-order valence-corrected chi connectivity index (χ2v) is 7.74. The molecule has 1 aromatic rings. The van der Waals surface area contributed by atoms with Crippen LogP contribution in [0.15, 0.2) is 65.3 Å². The number of carboxylic acid groups (broad SMARTS) is 1. The van der Waals surface area contributed by atoms with Crippen LogP contribution >= 0.6 is 0 Å². The first-order chi connectivity index (χ1) is 13.5. The molecule has 1 N–H and O–H groups in total. The van der Waals surface area contributed by atoms with Gasteiger partial charge in [0.2, 0.25) is 0 Å². The molecule has 0 aliphatic heterocycles. The maximum absolute atomic E-state index is 10.9. The summed E-state index contributed by atoms with van der Waals surface area (Å²) < 4.78 is 0. The third-order valence-electron chi connectivity index (χ3n) is 6.18. The Bertz CT molecular complexity index is 784. The summed E-state index contributed by atoms with van der Waals surface area (Å²) >= 11 is 0. The van der Waals surface area contributed by atoms with Crippen LogP contribution in [0.5, 0.6) is 0 Å². The van der Waals surface area contributed by atoms with Gasteiger partial charge in [-0.1, -0.05) is 74.4 Å². The quantitative estimate of drug-likeness (QED) is 0.473. The van der Waals surface area contributed by atoms with E-state index in [9.17, 15) is 4.79 Å². The fourth-order valence-corrected chi connectivity index (χ4v) is 4.25. The van der Waals surface area contributed by atoms with Gasteiger partial charge in [-0.05, 0) is 74.1 Å². The number of carboxylic acids is 1. The van der Waals surface area contributed by atoms with E-state index in [-0.39, 0.29) is 0 Å². The van der Waals surface area contributed by atoms with Gasteiger partial charge in [0.1, 0.15) is 0 Å². The topological polar surface area (TPSA) is 37.3 Å². The van der Waals surface area contributed by atoms with Gasteiger partial charge in [0.15, 0.2) is 0 Å². The van der Waals surface area contributed by atoms with Crippen molar-refractivity contribution in [3.8, 4) is 0 Å². The molecule has 0 amide bonds. The lowest BCUT2D eigenvalue weighted by Crippen LogP contribution is -2.25. The molecule has 0 radical (unpaired) electrons. The second kappa shape index (κ2) is 10.3. The highest BCUT2D eigenvalue weighted by Gasteiger charge is 2.33. The summed E-state index contributed by atoms with van der Waals surface area (Å²) in [7, 11) is 0. The molecule has 150 valence electrons. The molecule has 0 fully saturated rings. The average molecular weight is 379 g/mol. The van der Waals surface area contributed by atoms with Crippen molar-refractivity contribution in [2.45, 2.75) is 66.2 Å². The Morgan fingerprint density at radius 1 is 1.11 bits per heavy atom. The lowest BCUT2D eigenvalue weighted by molar-refractivity contribution is 0.0697. The van der Waals surface area contributed by atoms with Crippen LogP contribution in [-0.4, -0.2) is 11.1 Å². The number of benzene rings is 1. The van der Waals surface area contributed by atoms with Gasteiger partial charge in [0, 0.05) is 0 Å². The molecule has 1 aromatic carbocycles. The summed E-state index contributed by atoms with van der Waals surface area (Å²) in [5.41, 5.74) is 6.09. The Morgan fingerprint density at radius 2 is 1.79 bits per heavy atom. The third-order valence-corrected chi connectivity index (χ3v) is 6.18. The predicted octanol–water partition coefficient (Wildman–Crippen LogP) is 7.60. The summed E-state index contributed by atoms with van der Waals surface area (Å²) in [6, 6.07) is 6.93. The van der Waals surface area contributed by atoms with Gasteiger partial charge >= 0.3 is 5.97 Å². The van der Waals surface area contributed by atoms with Crippen molar-refractivity contribution in [1.82, 2.24) is 0 Å². The van der Waals surface area contributed by atoms with Gasteiger partial charge < -0.3 is 5.11 Å². The standard InChI is InChI=1S/C26H34O2/c1-5-22-12-9-19-26(6-2,7-3)24(22)18-13-20(4)10-8-11-21-14-16-23(17-15-21)25(27)28/h8,10-11,13-18H,5-7,9,12,19H2,1-4H3,(H,27,28). The van der Waals surface area contributed by atoms with Gasteiger partial charge in [-0.25, -0.2) is 4.79 Å². The molecular weight excluding hydrogens is 344 g/mol. The highest BCUT2D eigenvalue weighted by atomic mass is 16.4. The van der Waals surface area contributed by atoms with E-state index in [1.807, 2.05) is 24.3 Å². The molecule has 0 saturated carbocycles. The maximum Gasteiger partial charge on any atom is 0.335 e. The van der Waals surface area contributed by atoms with Gasteiger partial charge in [-0.2, -0.15) is 0 Å². The molecule has 1 aliphatic rings. The summed E-state index contributed by atoms with van der Waals surface area (Å²) in [4.78, 5) is 10.9. The zero-order valence-corrected chi connectivity index (χ0v) is 17.8. The molecule has 0 spiro atoms. The molecular formula is C26H34O2. The number of hydrogen-bond acceptors (Lipinski definition) is 1. The van der Waals surface area contributed by atoms with E-state index in [0.29, 0.717) is 11.0 Å². The molecule has 0 heterocycles. The normalized spacial score (nSPS) is 17.6. The summed E-state index contributed by atoms with van der Waals surface area (Å²) in [5.74, 6) is -0.893. The van der Waals surface area contributed by atoms with Crippen molar-refractivity contribution < 1.29 is 9.90 Å². The van der Waals surface area contributed by atoms with Gasteiger partial charge in [0.05, 0.1) is 5.56 Å². The van der Waals surface area contributed by atoms with Gasteiger partial charge in [-0.3, -0.25) is 0 Å². The van der Waals surface area contributed by atoms with E-state index < -0.39 is 5.97 Å². The largest absolute Gasteiger partial charge is 0.478 e. The van der Waals surface area contributed by atoms with Crippen molar-refractivity contribution >= 4 is 12.0 Å². The van der Waals surface area contributed by atoms with Crippen LogP contribution in [0.25, 0.3) is 6.08 Å². The van der Waals surface area contributed by atoms with Crippen LogP contribution in [0.1, 0.15) is 82.1 Å². The molecule has 0 bridgehead atoms. The molecule has 0 aromatic heterocycles. The SMILES string of the molecule is CCC1=C(C=CC(C)=CC=Cc2ccc(C(=O)O)cc2)C(CC)(CC)CCC1. The van der Waals surface area contributed by atoms with Crippen molar-refractivity contribution in [3.63, 3.8) is 0 Å².